The fourth-order valence-corrected chi connectivity index (χ4v) is 1.84. The van der Waals surface area contributed by atoms with Crippen LogP contribution in [0.15, 0.2) is 24.4 Å². The van der Waals surface area contributed by atoms with Gasteiger partial charge < -0.3 is 5.32 Å². The molecule has 0 aliphatic rings. The quantitative estimate of drug-likeness (QED) is 0.911. The van der Waals surface area contributed by atoms with Crippen LogP contribution in [0.3, 0.4) is 0 Å². The van der Waals surface area contributed by atoms with Crippen molar-refractivity contribution in [1.82, 2.24) is 20.3 Å². The summed E-state index contributed by atoms with van der Waals surface area (Å²) in [5, 5.41) is 3.35. The Labute approximate surface area is 118 Å². The van der Waals surface area contributed by atoms with Crippen LogP contribution in [-0.2, 0) is 6.54 Å². The normalized spacial score (nSPS) is 11.1. The lowest BCUT2D eigenvalue weighted by atomic mass is 10.2. The average Bonchev–Trinajstić information content (AvgIpc) is 2.38. The molecule has 0 amide bonds. The van der Waals surface area contributed by atoms with Crippen LogP contribution < -0.4 is 5.32 Å². The highest BCUT2D eigenvalue weighted by Gasteiger charge is 2.07. The molecule has 2 aromatic heterocycles. The number of aromatic nitrogens is 3. The molecular formula is C15H19FN4. The predicted molar refractivity (Wildman–Crippen MR) is 76.5 cm³/mol. The number of hydrogen-bond acceptors (Lipinski definition) is 4. The van der Waals surface area contributed by atoms with Crippen molar-refractivity contribution in [2.45, 2.75) is 27.3 Å². The highest BCUT2D eigenvalue weighted by Crippen LogP contribution is 2.13. The number of nitrogens with one attached hydrogen (secondary N) is 1. The maximum Gasteiger partial charge on any atom is 0.178 e. The zero-order chi connectivity index (χ0) is 14.5. The standard InChI is InChI=1S/C15H19FN4/c1-10(2)7-17-9-13-6-11(3)19-15(20-13)14-5-4-12(16)8-18-14/h4-6,8,10,17H,7,9H2,1-3H3. The Kier molecular flexibility index (Phi) is 4.74. The molecule has 2 rings (SSSR count). The molecule has 5 heteroatoms. The van der Waals surface area contributed by atoms with Crippen molar-refractivity contribution < 1.29 is 4.39 Å². The van der Waals surface area contributed by atoms with Crippen molar-refractivity contribution in [3.05, 3.63) is 41.6 Å². The van der Waals surface area contributed by atoms with Gasteiger partial charge in [0.25, 0.3) is 0 Å². The molecule has 0 atom stereocenters. The Balaban J connectivity index is 2.18. The zero-order valence-electron chi connectivity index (χ0n) is 12.0. The summed E-state index contributed by atoms with van der Waals surface area (Å²) >= 11 is 0. The topological polar surface area (TPSA) is 50.7 Å². The van der Waals surface area contributed by atoms with Gasteiger partial charge in [-0.15, -0.1) is 0 Å². The summed E-state index contributed by atoms with van der Waals surface area (Å²) in [6, 6.07) is 4.90. The second kappa shape index (κ2) is 6.52. The van der Waals surface area contributed by atoms with E-state index in [4.69, 9.17) is 0 Å². The van der Waals surface area contributed by atoms with Gasteiger partial charge in [0.05, 0.1) is 11.9 Å². The molecule has 0 aromatic carbocycles. The minimum Gasteiger partial charge on any atom is -0.311 e. The van der Waals surface area contributed by atoms with Gasteiger partial charge in [0.2, 0.25) is 0 Å². The first-order chi connectivity index (χ1) is 9.54. The highest BCUT2D eigenvalue weighted by molar-refractivity contribution is 5.48. The van der Waals surface area contributed by atoms with Crippen molar-refractivity contribution in [2.75, 3.05) is 6.54 Å². The molecule has 2 heterocycles. The Morgan fingerprint density at radius 1 is 1.25 bits per heavy atom. The van der Waals surface area contributed by atoms with Gasteiger partial charge in [-0.1, -0.05) is 13.8 Å². The maximum atomic E-state index is 12.9. The maximum absolute atomic E-state index is 12.9. The first-order valence-corrected chi connectivity index (χ1v) is 6.72. The van der Waals surface area contributed by atoms with Gasteiger partial charge in [0.15, 0.2) is 5.82 Å². The molecule has 4 nitrogen and oxygen atoms in total. The van der Waals surface area contributed by atoms with Crippen molar-refractivity contribution >= 4 is 0 Å². The molecule has 106 valence electrons. The van der Waals surface area contributed by atoms with E-state index in [1.165, 1.54) is 12.3 Å². The Morgan fingerprint density at radius 2 is 2.05 bits per heavy atom. The molecule has 0 saturated carbocycles. The van der Waals surface area contributed by atoms with Crippen LogP contribution in [0.1, 0.15) is 25.2 Å². The summed E-state index contributed by atoms with van der Waals surface area (Å²) in [4.78, 5) is 12.8. The van der Waals surface area contributed by atoms with Crippen molar-refractivity contribution in [1.29, 1.82) is 0 Å². The fraction of sp³-hybridized carbons (Fsp3) is 0.400. The molecular weight excluding hydrogens is 255 g/mol. The van der Waals surface area contributed by atoms with Gasteiger partial charge in [-0.05, 0) is 37.6 Å². The third kappa shape index (κ3) is 4.06. The van der Waals surface area contributed by atoms with E-state index >= 15 is 0 Å². The number of pyridine rings is 1. The SMILES string of the molecule is Cc1cc(CNCC(C)C)nc(-c2ccc(F)cn2)n1. The lowest BCUT2D eigenvalue weighted by molar-refractivity contribution is 0.548. The number of rotatable bonds is 5. The van der Waals surface area contributed by atoms with E-state index in [0.717, 1.165) is 17.9 Å². The molecule has 1 N–H and O–H groups in total. The lowest BCUT2D eigenvalue weighted by Gasteiger charge is -2.09. The largest absolute Gasteiger partial charge is 0.311 e. The summed E-state index contributed by atoms with van der Waals surface area (Å²) in [6.07, 6.45) is 1.18. The first kappa shape index (κ1) is 14.5. The first-order valence-electron chi connectivity index (χ1n) is 6.72. The number of aryl methyl sites for hydroxylation is 1. The van der Waals surface area contributed by atoms with Gasteiger partial charge in [0.1, 0.15) is 11.5 Å². The van der Waals surface area contributed by atoms with Gasteiger partial charge in [-0.2, -0.15) is 0 Å². The van der Waals surface area contributed by atoms with E-state index in [2.05, 4.69) is 34.1 Å². The van der Waals surface area contributed by atoms with E-state index in [0.29, 0.717) is 24.0 Å². The minimum absolute atomic E-state index is 0.361. The summed E-state index contributed by atoms with van der Waals surface area (Å²) < 4.78 is 12.9. The van der Waals surface area contributed by atoms with Gasteiger partial charge in [-0.25, -0.2) is 19.3 Å². The van der Waals surface area contributed by atoms with Crippen LogP contribution in [0.4, 0.5) is 4.39 Å². The van der Waals surface area contributed by atoms with Crippen LogP contribution in [0.2, 0.25) is 0 Å². The third-order valence-corrected chi connectivity index (χ3v) is 2.72. The van der Waals surface area contributed by atoms with E-state index in [1.54, 1.807) is 6.07 Å². The van der Waals surface area contributed by atoms with E-state index < -0.39 is 0 Å². The minimum atomic E-state index is -0.361. The molecule has 0 aliphatic carbocycles. The second-order valence-corrected chi connectivity index (χ2v) is 5.21. The Hall–Kier alpha value is -1.88. The van der Waals surface area contributed by atoms with E-state index in [1.807, 2.05) is 13.0 Å². The van der Waals surface area contributed by atoms with Crippen LogP contribution in [0.25, 0.3) is 11.5 Å². The molecule has 0 bridgehead atoms. The van der Waals surface area contributed by atoms with Gasteiger partial charge >= 0.3 is 0 Å². The number of nitrogens with zero attached hydrogens (tertiary/aromatic N) is 3. The average molecular weight is 274 g/mol. The van der Waals surface area contributed by atoms with Crippen molar-refractivity contribution in [3.63, 3.8) is 0 Å². The fourth-order valence-electron chi connectivity index (χ4n) is 1.84. The highest BCUT2D eigenvalue weighted by atomic mass is 19.1. The second-order valence-electron chi connectivity index (χ2n) is 5.21. The Morgan fingerprint density at radius 3 is 2.70 bits per heavy atom. The third-order valence-electron chi connectivity index (χ3n) is 2.72. The smallest absolute Gasteiger partial charge is 0.178 e. The Bertz CT molecular complexity index is 567. The molecule has 0 aliphatic heterocycles. The molecule has 0 fully saturated rings. The lowest BCUT2D eigenvalue weighted by Crippen LogP contribution is -2.20. The van der Waals surface area contributed by atoms with Crippen LogP contribution in [-0.4, -0.2) is 21.5 Å². The van der Waals surface area contributed by atoms with Crippen molar-refractivity contribution in [2.24, 2.45) is 5.92 Å². The summed E-state index contributed by atoms with van der Waals surface area (Å²) in [5.74, 6) is 0.766. The van der Waals surface area contributed by atoms with E-state index in [-0.39, 0.29) is 5.82 Å². The number of hydrogen-bond donors (Lipinski definition) is 1. The summed E-state index contributed by atoms with van der Waals surface area (Å²) in [5.41, 5.74) is 2.38. The van der Waals surface area contributed by atoms with Gasteiger partial charge in [0, 0.05) is 12.2 Å². The molecule has 0 radical (unpaired) electrons. The van der Waals surface area contributed by atoms with Crippen LogP contribution >= 0.6 is 0 Å². The molecule has 0 spiro atoms. The van der Waals surface area contributed by atoms with Crippen LogP contribution in [0.5, 0.6) is 0 Å². The molecule has 0 saturated heterocycles. The predicted octanol–water partition coefficient (Wildman–Crippen LogP) is 2.73. The van der Waals surface area contributed by atoms with Crippen molar-refractivity contribution in [3.8, 4) is 11.5 Å². The zero-order valence-corrected chi connectivity index (χ0v) is 12.0. The van der Waals surface area contributed by atoms with Gasteiger partial charge in [-0.3, -0.25) is 0 Å². The molecule has 20 heavy (non-hydrogen) atoms. The summed E-state index contributed by atoms with van der Waals surface area (Å²) in [6.45, 7) is 7.86. The van der Waals surface area contributed by atoms with Crippen LogP contribution in [0, 0.1) is 18.7 Å². The molecule has 2 aromatic rings. The number of halogens is 1. The van der Waals surface area contributed by atoms with E-state index in [9.17, 15) is 4.39 Å². The monoisotopic (exact) mass is 274 g/mol. The summed E-state index contributed by atoms with van der Waals surface area (Å²) in [7, 11) is 0. The molecule has 0 unspecified atom stereocenters.